The zero-order valence-electron chi connectivity index (χ0n) is 29.3. The van der Waals surface area contributed by atoms with Gasteiger partial charge in [-0.3, -0.25) is 15.0 Å². The van der Waals surface area contributed by atoms with Crippen molar-refractivity contribution in [3.8, 4) is 5.75 Å². The third-order valence-corrected chi connectivity index (χ3v) is 10.5. The Bertz CT molecular complexity index is 1590. The molecule has 0 aliphatic carbocycles. The van der Waals surface area contributed by atoms with Crippen LogP contribution in [0.5, 0.6) is 5.75 Å². The molecule has 0 radical (unpaired) electrons. The fourth-order valence-corrected chi connectivity index (χ4v) is 7.32. The fourth-order valence-electron chi connectivity index (χ4n) is 7.12. The SMILES string of the molecule is CNC(=O)O[C@H]1CC(=O)N([C@@H]2O[C@H](CO)[C@@H](O)[C@H](O)[C@H]2O)c2cc(cc(O)c2Cl)C/C(C)=C/C=C/[C@@H](OC)[C@@]2(O)C[C@H](OC(=O)N2)[C@@H](C)[C@@H]2O[C@@]12C. The molecule has 5 rings (SSSR count). The molecule has 288 valence electrons. The number of epoxide rings is 1. The third-order valence-electron chi connectivity index (χ3n) is 10.1. The van der Waals surface area contributed by atoms with E-state index >= 15 is 0 Å². The molecule has 0 unspecified atom stereocenters. The number of carbonyl (C=O) groups is 3. The molecule has 3 fully saturated rings. The first-order valence-corrected chi connectivity index (χ1v) is 17.1. The van der Waals surface area contributed by atoms with E-state index in [0.29, 0.717) is 5.56 Å². The maximum atomic E-state index is 14.6. The van der Waals surface area contributed by atoms with Gasteiger partial charge in [-0.2, -0.15) is 0 Å². The average molecular weight is 756 g/mol. The summed E-state index contributed by atoms with van der Waals surface area (Å²) in [6.07, 6.45) is -10.4. The molecule has 52 heavy (non-hydrogen) atoms. The van der Waals surface area contributed by atoms with Crippen LogP contribution in [-0.4, -0.2) is 136 Å². The topological polar surface area (TPSA) is 249 Å². The summed E-state index contributed by atoms with van der Waals surface area (Å²) < 4.78 is 28.7. The maximum Gasteiger partial charge on any atom is 0.409 e. The monoisotopic (exact) mass is 755 g/mol. The van der Waals surface area contributed by atoms with Crippen LogP contribution in [0.4, 0.5) is 15.3 Å². The molecule has 1 aromatic rings. The van der Waals surface area contributed by atoms with Gasteiger partial charge in [-0.05, 0) is 38.0 Å². The molecular formula is C34H46ClN3O14. The maximum absolute atomic E-state index is 14.6. The molecule has 17 nitrogen and oxygen atoms in total. The Kier molecular flexibility index (Phi) is 11.8. The summed E-state index contributed by atoms with van der Waals surface area (Å²) in [5, 5.41) is 69.4. The second-order valence-corrected chi connectivity index (χ2v) is 14.2. The molecule has 0 spiro atoms. The number of amides is 3. The number of phenolic OH excluding ortho intramolecular Hbond substituents is 1. The average Bonchev–Trinajstić information content (AvgIpc) is 3.79. The van der Waals surface area contributed by atoms with E-state index in [0.717, 1.165) is 10.5 Å². The van der Waals surface area contributed by atoms with Gasteiger partial charge in [0.1, 0.15) is 59.1 Å². The number of rotatable bonds is 4. The Morgan fingerprint density at radius 3 is 2.56 bits per heavy atom. The minimum absolute atomic E-state index is 0.129. The summed E-state index contributed by atoms with van der Waals surface area (Å²) in [6.45, 7) is 4.27. The number of carbonyl (C=O) groups excluding carboxylic acids is 3. The fraction of sp³-hybridized carbons (Fsp3) is 0.618. The van der Waals surface area contributed by atoms with E-state index in [4.69, 9.17) is 35.3 Å². The molecule has 4 aliphatic heterocycles. The smallest absolute Gasteiger partial charge is 0.409 e. The molecular weight excluding hydrogens is 710 g/mol. The van der Waals surface area contributed by atoms with Crippen LogP contribution in [0.1, 0.15) is 39.2 Å². The molecule has 8 N–H and O–H groups in total. The van der Waals surface area contributed by atoms with Crippen LogP contribution in [0.15, 0.2) is 35.9 Å². The van der Waals surface area contributed by atoms with Crippen molar-refractivity contribution in [2.75, 3.05) is 25.7 Å². The van der Waals surface area contributed by atoms with Gasteiger partial charge in [0, 0.05) is 26.5 Å². The molecule has 0 saturated carbocycles. The minimum atomic E-state index is -1.95. The van der Waals surface area contributed by atoms with Gasteiger partial charge in [-0.15, -0.1) is 0 Å². The zero-order chi connectivity index (χ0) is 38.3. The van der Waals surface area contributed by atoms with Crippen molar-refractivity contribution in [1.29, 1.82) is 0 Å². The van der Waals surface area contributed by atoms with Gasteiger partial charge in [-0.1, -0.05) is 42.3 Å². The highest BCUT2D eigenvalue weighted by molar-refractivity contribution is 6.35. The van der Waals surface area contributed by atoms with Crippen molar-refractivity contribution in [2.24, 2.45) is 5.92 Å². The molecule has 4 aliphatic rings. The number of aromatic hydroxyl groups is 1. The number of allylic oxidation sites excluding steroid dienone is 3. The normalized spacial score (nSPS) is 40.0. The molecule has 4 heterocycles. The second kappa shape index (κ2) is 15.5. The number of ether oxygens (including phenoxy) is 5. The van der Waals surface area contributed by atoms with Crippen molar-refractivity contribution in [3.63, 3.8) is 0 Å². The van der Waals surface area contributed by atoms with Crippen LogP contribution in [-0.2, 0) is 34.9 Å². The summed E-state index contributed by atoms with van der Waals surface area (Å²) in [5.74, 6) is -1.97. The van der Waals surface area contributed by atoms with Crippen LogP contribution in [0.2, 0.25) is 5.02 Å². The lowest BCUT2D eigenvalue weighted by molar-refractivity contribution is -0.228. The van der Waals surface area contributed by atoms with Crippen LogP contribution >= 0.6 is 11.6 Å². The standard InChI is InChI=1S/C34H46ClN3O14/c1-15-7-6-8-22(48-5)34(47)13-20(50-32(46)37-34)16(2)29-33(3,52-29)23(51-31(45)36-4)12-24(41)38(18-10-17(9-15)11-19(40)25(18)35)30-28(44)27(43)26(42)21(14-39)49-30/h6-8,10-11,16,20-23,26-30,39-40,42-44,47H,9,12-14H2,1-5H3,(H,36,45)(H,37,46)/b8-6+,15-7+/t16-,20+,21-,22-,23+,26-,27+,28-,29+,30-,33+,34+/m1/s1. The number of alkyl carbamates (subject to hydrolysis) is 2. The van der Waals surface area contributed by atoms with Crippen molar-refractivity contribution in [1.82, 2.24) is 10.6 Å². The number of nitrogens with zero attached hydrogens (tertiary/aromatic N) is 1. The quantitative estimate of drug-likeness (QED) is 0.193. The molecule has 0 aromatic heterocycles. The number of aliphatic hydroxyl groups is 5. The highest BCUT2D eigenvalue weighted by Gasteiger charge is 2.64. The van der Waals surface area contributed by atoms with E-state index < -0.39 is 109 Å². The lowest BCUT2D eigenvalue weighted by Crippen LogP contribution is -2.64. The second-order valence-electron chi connectivity index (χ2n) is 13.8. The van der Waals surface area contributed by atoms with E-state index in [1.807, 2.05) is 0 Å². The number of nitrogens with one attached hydrogen (secondary N) is 2. The summed E-state index contributed by atoms with van der Waals surface area (Å²) in [7, 11) is 2.68. The highest BCUT2D eigenvalue weighted by Crippen LogP contribution is 2.49. The first kappa shape index (κ1) is 39.7. The summed E-state index contributed by atoms with van der Waals surface area (Å²) in [4.78, 5) is 40.9. The first-order valence-electron chi connectivity index (χ1n) is 16.8. The molecule has 4 bridgehead atoms. The Balaban J connectivity index is 1.66. The molecule has 18 heteroatoms. The van der Waals surface area contributed by atoms with Crippen LogP contribution in [0.3, 0.4) is 0 Å². The third kappa shape index (κ3) is 7.74. The number of aliphatic hydroxyl groups excluding tert-OH is 4. The molecule has 1 aromatic carbocycles. The minimum Gasteiger partial charge on any atom is -0.506 e. The number of hydrogen-bond acceptors (Lipinski definition) is 14. The van der Waals surface area contributed by atoms with Crippen molar-refractivity contribution in [3.05, 3.63) is 46.5 Å². The molecule has 3 saturated heterocycles. The Morgan fingerprint density at radius 1 is 1.19 bits per heavy atom. The van der Waals surface area contributed by atoms with E-state index in [2.05, 4.69) is 10.6 Å². The van der Waals surface area contributed by atoms with Crippen LogP contribution < -0.4 is 15.5 Å². The van der Waals surface area contributed by atoms with E-state index in [1.165, 1.54) is 26.3 Å². The number of fused-ring (bicyclic) bond motifs is 5. The first-order chi connectivity index (χ1) is 24.5. The Morgan fingerprint density at radius 2 is 1.90 bits per heavy atom. The van der Waals surface area contributed by atoms with Gasteiger partial charge < -0.3 is 59.6 Å². The number of phenols is 1. The highest BCUT2D eigenvalue weighted by atomic mass is 35.5. The number of benzene rings is 1. The summed E-state index contributed by atoms with van der Waals surface area (Å²) >= 11 is 6.62. The predicted octanol–water partition coefficient (Wildman–Crippen LogP) is 0.348. The largest absolute Gasteiger partial charge is 0.506 e. The Hall–Kier alpha value is -3.52. The van der Waals surface area contributed by atoms with Crippen LogP contribution in [0, 0.1) is 5.92 Å². The van der Waals surface area contributed by atoms with Crippen molar-refractivity contribution >= 4 is 35.4 Å². The van der Waals surface area contributed by atoms with Gasteiger partial charge in [-0.25, -0.2) is 9.59 Å². The summed E-state index contributed by atoms with van der Waals surface area (Å²) in [5.41, 5.74) is -2.28. The number of hydrogen-bond donors (Lipinski definition) is 8. The Labute approximate surface area is 304 Å². The van der Waals surface area contributed by atoms with Gasteiger partial charge in [0.05, 0.1) is 24.8 Å². The summed E-state index contributed by atoms with van der Waals surface area (Å²) in [6, 6.07) is 2.83. The van der Waals surface area contributed by atoms with Gasteiger partial charge in [0.15, 0.2) is 12.0 Å². The molecule has 12 atom stereocenters. The van der Waals surface area contributed by atoms with Gasteiger partial charge in [0.25, 0.3) is 0 Å². The zero-order valence-corrected chi connectivity index (χ0v) is 30.0. The lowest BCUT2D eigenvalue weighted by Gasteiger charge is -2.45. The van der Waals surface area contributed by atoms with Gasteiger partial charge >= 0.3 is 12.2 Å². The van der Waals surface area contributed by atoms with Crippen molar-refractivity contribution in [2.45, 2.75) is 106 Å². The van der Waals surface area contributed by atoms with Crippen LogP contribution in [0.25, 0.3) is 0 Å². The van der Waals surface area contributed by atoms with E-state index in [9.17, 15) is 45.0 Å². The lowest BCUT2D eigenvalue weighted by atomic mass is 9.83. The number of anilines is 1. The number of methoxy groups -OCH3 is 1. The number of halogens is 1. The van der Waals surface area contributed by atoms with Gasteiger partial charge in [0.2, 0.25) is 5.91 Å². The van der Waals surface area contributed by atoms with E-state index in [1.54, 1.807) is 39.0 Å². The predicted molar refractivity (Wildman–Crippen MR) is 181 cm³/mol. The van der Waals surface area contributed by atoms with E-state index in [-0.39, 0.29) is 23.6 Å². The van der Waals surface area contributed by atoms with Crippen molar-refractivity contribution < 1.29 is 68.7 Å². The molecule has 3 amide bonds.